The SMILES string of the molecule is O=C(ON1C(=O)c2ccccc2C1=O)c1cccc2nonc12. The summed E-state index contributed by atoms with van der Waals surface area (Å²) in [6, 6.07) is 10.8. The number of hydrogen-bond acceptors (Lipinski definition) is 7. The quantitative estimate of drug-likeness (QED) is 0.662. The number of carbonyl (C=O) groups is 3. The summed E-state index contributed by atoms with van der Waals surface area (Å²) in [5.41, 5.74) is 0.967. The first kappa shape index (κ1) is 13.1. The monoisotopic (exact) mass is 309 g/mol. The Kier molecular flexibility index (Phi) is 2.70. The van der Waals surface area contributed by atoms with Crippen LogP contribution in [-0.2, 0) is 4.84 Å². The molecule has 0 unspecified atom stereocenters. The first-order valence-electron chi connectivity index (χ1n) is 6.58. The Balaban J connectivity index is 1.67. The average Bonchev–Trinajstić information content (AvgIpc) is 3.14. The van der Waals surface area contributed by atoms with Crippen LogP contribution in [0, 0.1) is 0 Å². The second-order valence-electron chi connectivity index (χ2n) is 4.77. The van der Waals surface area contributed by atoms with Crippen molar-refractivity contribution in [2.75, 3.05) is 0 Å². The van der Waals surface area contributed by atoms with Crippen LogP contribution >= 0.6 is 0 Å². The fourth-order valence-corrected chi connectivity index (χ4v) is 2.35. The lowest BCUT2D eigenvalue weighted by Crippen LogP contribution is -2.32. The number of imide groups is 1. The Morgan fingerprint density at radius 3 is 2.35 bits per heavy atom. The topological polar surface area (TPSA) is 103 Å². The second kappa shape index (κ2) is 4.73. The van der Waals surface area contributed by atoms with E-state index in [1.54, 1.807) is 24.3 Å². The molecule has 0 spiro atoms. The van der Waals surface area contributed by atoms with Crippen molar-refractivity contribution < 1.29 is 23.9 Å². The maximum Gasteiger partial charge on any atom is 0.366 e. The van der Waals surface area contributed by atoms with E-state index >= 15 is 0 Å². The van der Waals surface area contributed by atoms with Gasteiger partial charge in [0.2, 0.25) is 0 Å². The molecule has 1 aliphatic rings. The molecule has 0 fully saturated rings. The molecule has 4 rings (SSSR count). The summed E-state index contributed by atoms with van der Waals surface area (Å²) in [5.74, 6) is -2.28. The molecule has 0 saturated heterocycles. The maximum atomic E-state index is 12.3. The zero-order valence-electron chi connectivity index (χ0n) is 11.4. The van der Waals surface area contributed by atoms with Crippen LogP contribution in [0.1, 0.15) is 31.1 Å². The van der Waals surface area contributed by atoms with Crippen LogP contribution in [0.3, 0.4) is 0 Å². The first-order chi connectivity index (χ1) is 11.2. The number of aromatic nitrogens is 2. The van der Waals surface area contributed by atoms with Crippen LogP contribution in [0.5, 0.6) is 0 Å². The zero-order chi connectivity index (χ0) is 16.0. The van der Waals surface area contributed by atoms with Crippen LogP contribution in [0.25, 0.3) is 11.0 Å². The first-order valence-corrected chi connectivity index (χ1v) is 6.58. The summed E-state index contributed by atoms with van der Waals surface area (Å²) in [5, 5.41) is 7.67. The molecule has 0 saturated carbocycles. The molecule has 8 heteroatoms. The average molecular weight is 309 g/mol. The van der Waals surface area contributed by atoms with E-state index in [4.69, 9.17) is 4.84 Å². The van der Waals surface area contributed by atoms with E-state index in [1.165, 1.54) is 18.2 Å². The molecule has 2 amide bonds. The van der Waals surface area contributed by atoms with Crippen molar-refractivity contribution in [1.29, 1.82) is 0 Å². The third-order valence-corrected chi connectivity index (χ3v) is 3.44. The van der Waals surface area contributed by atoms with Gasteiger partial charge in [-0.25, -0.2) is 9.42 Å². The molecule has 0 atom stereocenters. The molecule has 112 valence electrons. The third-order valence-electron chi connectivity index (χ3n) is 3.44. The van der Waals surface area contributed by atoms with Crippen molar-refractivity contribution in [3.05, 3.63) is 59.2 Å². The van der Waals surface area contributed by atoms with E-state index < -0.39 is 17.8 Å². The lowest BCUT2D eigenvalue weighted by Gasteiger charge is -2.12. The maximum absolute atomic E-state index is 12.3. The van der Waals surface area contributed by atoms with E-state index in [9.17, 15) is 14.4 Å². The van der Waals surface area contributed by atoms with Crippen molar-refractivity contribution in [2.24, 2.45) is 0 Å². The predicted molar refractivity (Wildman–Crippen MR) is 74.2 cm³/mol. The zero-order valence-corrected chi connectivity index (χ0v) is 11.4. The predicted octanol–water partition coefficient (Wildman–Crippen LogP) is 1.59. The van der Waals surface area contributed by atoms with Crippen molar-refractivity contribution in [1.82, 2.24) is 15.4 Å². The highest BCUT2D eigenvalue weighted by Crippen LogP contribution is 2.24. The van der Waals surface area contributed by atoms with Gasteiger partial charge in [-0.1, -0.05) is 23.3 Å². The minimum absolute atomic E-state index is 0.0420. The van der Waals surface area contributed by atoms with Crippen LogP contribution in [-0.4, -0.2) is 33.2 Å². The lowest BCUT2D eigenvalue weighted by atomic mass is 10.1. The van der Waals surface area contributed by atoms with E-state index in [1.807, 2.05) is 0 Å². The van der Waals surface area contributed by atoms with Crippen LogP contribution in [0.4, 0.5) is 0 Å². The van der Waals surface area contributed by atoms with E-state index in [0.717, 1.165) is 0 Å². The normalized spacial score (nSPS) is 13.5. The van der Waals surface area contributed by atoms with Gasteiger partial charge < -0.3 is 4.84 Å². The van der Waals surface area contributed by atoms with Crippen molar-refractivity contribution in [2.45, 2.75) is 0 Å². The molecule has 0 N–H and O–H groups in total. The summed E-state index contributed by atoms with van der Waals surface area (Å²) in [6.45, 7) is 0. The molecule has 0 radical (unpaired) electrons. The van der Waals surface area contributed by atoms with Crippen molar-refractivity contribution in [3.63, 3.8) is 0 Å². The minimum Gasteiger partial charge on any atom is -0.324 e. The van der Waals surface area contributed by atoms with Gasteiger partial charge in [-0.3, -0.25) is 9.59 Å². The van der Waals surface area contributed by atoms with Crippen molar-refractivity contribution in [3.8, 4) is 0 Å². The summed E-state index contributed by atoms with van der Waals surface area (Å²) in [6.07, 6.45) is 0. The molecule has 1 aromatic heterocycles. The summed E-state index contributed by atoms with van der Waals surface area (Å²) >= 11 is 0. The number of amides is 2. The summed E-state index contributed by atoms with van der Waals surface area (Å²) < 4.78 is 4.56. The van der Waals surface area contributed by atoms with Gasteiger partial charge in [-0.2, -0.15) is 0 Å². The number of benzene rings is 2. The van der Waals surface area contributed by atoms with E-state index in [-0.39, 0.29) is 22.2 Å². The molecule has 2 heterocycles. The Morgan fingerprint density at radius 2 is 1.65 bits per heavy atom. The fourth-order valence-electron chi connectivity index (χ4n) is 2.35. The van der Waals surface area contributed by atoms with Crippen LogP contribution in [0.15, 0.2) is 47.1 Å². The minimum atomic E-state index is -0.902. The number of nitrogens with zero attached hydrogens (tertiary/aromatic N) is 3. The molecule has 23 heavy (non-hydrogen) atoms. The van der Waals surface area contributed by atoms with Crippen LogP contribution in [0.2, 0.25) is 0 Å². The Morgan fingerprint density at radius 1 is 0.957 bits per heavy atom. The molecule has 8 nitrogen and oxygen atoms in total. The Labute approximate surface area is 128 Å². The number of hydroxylamine groups is 2. The highest BCUT2D eigenvalue weighted by atomic mass is 16.7. The molecule has 3 aromatic rings. The standard InChI is InChI=1S/C15H7N3O5/c19-13-8-4-1-2-5-9(8)14(20)18(13)22-15(21)10-6-3-7-11-12(10)17-23-16-11/h1-7H. The van der Waals surface area contributed by atoms with Gasteiger partial charge in [-0.15, -0.1) is 0 Å². The number of hydrogen-bond donors (Lipinski definition) is 0. The second-order valence-corrected chi connectivity index (χ2v) is 4.77. The smallest absolute Gasteiger partial charge is 0.324 e. The highest BCUT2D eigenvalue weighted by Gasteiger charge is 2.39. The Bertz CT molecular complexity index is 943. The van der Waals surface area contributed by atoms with Gasteiger partial charge in [0.05, 0.1) is 16.7 Å². The van der Waals surface area contributed by atoms with E-state index in [2.05, 4.69) is 14.9 Å². The summed E-state index contributed by atoms with van der Waals surface area (Å²) in [7, 11) is 0. The van der Waals surface area contributed by atoms with E-state index in [0.29, 0.717) is 10.6 Å². The molecule has 2 aromatic carbocycles. The number of carbonyl (C=O) groups excluding carboxylic acids is 3. The third kappa shape index (κ3) is 1.89. The number of fused-ring (bicyclic) bond motifs is 2. The largest absolute Gasteiger partial charge is 0.366 e. The van der Waals surface area contributed by atoms with Gasteiger partial charge in [-0.05, 0) is 34.6 Å². The highest BCUT2D eigenvalue weighted by molar-refractivity contribution is 6.21. The molecule has 0 aliphatic carbocycles. The molecule has 0 bridgehead atoms. The van der Waals surface area contributed by atoms with Crippen LogP contribution < -0.4 is 0 Å². The summed E-state index contributed by atoms with van der Waals surface area (Å²) in [4.78, 5) is 41.6. The molecular weight excluding hydrogens is 302 g/mol. The molecule has 1 aliphatic heterocycles. The van der Waals surface area contributed by atoms with Gasteiger partial charge in [0.25, 0.3) is 11.8 Å². The van der Waals surface area contributed by atoms with Gasteiger partial charge in [0.15, 0.2) is 0 Å². The Hall–Kier alpha value is -3.55. The van der Waals surface area contributed by atoms with Gasteiger partial charge >= 0.3 is 5.97 Å². The van der Waals surface area contributed by atoms with Gasteiger partial charge in [0.1, 0.15) is 11.0 Å². The fraction of sp³-hybridized carbons (Fsp3) is 0. The number of rotatable bonds is 2. The lowest BCUT2D eigenvalue weighted by molar-refractivity contribution is -0.0583. The molecular formula is C15H7N3O5. The van der Waals surface area contributed by atoms with Gasteiger partial charge in [0, 0.05) is 0 Å². The van der Waals surface area contributed by atoms with Crippen molar-refractivity contribution >= 4 is 28.8 Å².